The Labute approximate surface area is 198 Å². The topological polar surface area (TPSA) is 41.9 Å². The van der Waals surface area contributed by atoms with Crippen molar-refractivity contribution in [3.63, 3.8) is 0 Å². The number of carbonyl (C=O) groups is 1. The quantitative estimate of drug-likeness (QED) is 0.322. The van der Waals surface area contributed by atoms with Gasteiger partial charge in [-0.05, 0) is 74.2 Å². The lowest BCUT2D eigenvalue weighted by Gasteiger charge is -2.12. The van der Waals surface area contributed by atoms with Crippen LogP contribution in [0.15, 0.2) is 92.4 Å². The number of para-hydroxylation sites is 1. The largest absolute Gasteiger partial charge is 0.491 e. The standard InChI is InChI=1S/C25H20Br2N2O2/c1-2-13-31-24-21(26)15-17(16-22(24)27)14-20-23(18-9-5-3-6-10-18)28-29(25(20)30)19-11-7-4-8-12-19/h3-12,14-16H,2,13H2,1H3/b20-14-. The van der Waals surface area contributed by atoms with Gasteiger partial charge in [-0.15, -0.1) is 0 Å². The van der Waals surface area contributed by atoms with Gasteiger partial charge in [0.2, 0.25) is 0 Å². The first-order chi connectivity index (χ1) is 15.1. The van der Waals surface area contributed by atoms with Crippen LogP contribution in [0.25, 0.3) is 6.08 Å². The van der Waals surface area contributed by atoms with Crippen LogP contribution in [0.1, 0.15) is 24.5 Å². The fourth-order valence-electron chi connectivity index (χ4n) is 3.27. The van der Waals surface area contributed by atoms with E-state index >= 15 is 0 Å². The van der Waals surface area contributed by atoms with E-state index in [1.807, 2.05) is 78.9 Å². The summed E-state index contributed by atoms with van der Waals surface area (Å²) in [6.07, 6.45) is 2.79. The molecule has 0 atom stereocenters. The van der Waals surface area contributed by atoms with Crippen molar-refractivity contribution in [1.29, 1.82) is 0 Å². The molecular formula is C25H20Br2N2O2. The molecule has 1 heterocycles. The minimum atomic E-state index is -0.163. The number of hydrazone groups is 1. The number of amides is 1. The number of ether oxygens (including phenoxy) is 1. The first kappa shape index (κ1) is 21.5. The van der Waals surface area contributed by atoms with Gasteiger partial charge < -0.3 is 4.74 Å². The van der Waals surface area contributed by atoms with Crippen LogP contribution < -0.4 is 9.75 Å². The molecule has 0 aromatic heterocycles. The molecule has 3 aromatic rings. The maximum absolute atomic E-state index is 13.4. The summed E-state index contributed by atoms with van der Waals surface area (Å²) >= 11 is 7.18. The molecule has 1 amide bonds. The second-order valence-electron chi connectivity index (χ2n) is 6.99. The Hall–Kier alpha value is -2.70. The normalized spacial score (nSPS) is 14.8. The highest BCUT2D eigenvalue weighted by Crippen LogP contribution is 2.36. The first-order valence-electron chi connectivity index (χ1n) is 9.96. The molecule has 0 saturated heterocycles. The molecule has 31 heavy (non-hydrogen) atoms. The zero-order chi connectivity index (χ0) is 21.8. The lowest BCUT2D eigenvalue weighted by molar-refractivity contribution is -0.114. The van der Waals surface area contributed by atoms with Crippen LogP contribution in [0.4, 0.5) is 5.69 Å². The van der Waals surface area contributed by atoms with Gasteiger partial charge in [0.25, 0.3) is 5.91 Å². The third-order valence-corrected chi connectivity index (χ3v) is 5.89. The highest BCUT2D eigenvalue weighted by Gasteiger charge is 2.32. The van der Waals surface area contributed by atoms with Gasteiger partial charge in [0.05, 0.1) is 26.8 Å². The van der Waals surface area contributed by atoms with Gasteiger partial charge in [-0.25, -0.2) is 0 Å². The van der Waals surface area contributed by atoms with Gasteiger partial charge in [-0.3, -0.25) is 4.79 Å². The Morgan fingerprint density at radius 2 is 1.58 bits per heavy atom. The van der Waals surface area contributed by atoms with E-state index in [-0.39, 0.29) is 5.91 Å². The van der Waals surface area contributed by atoms with E-state index in [0.29, 0.717) is 17.9 Å². The van der Waals surface area contributed by atoms with E-state index in [4.69, 9.17) is 4.74 Å². The van der Waals surface area contributed by atoms with Gasteiger partial charge in [-0.1, -0.05) is 55.5 Å². The molecule has 1 aliphatic rings. The van der Waals surface area contributed by atoms with E-state index in [1.54, 1.807) is 0 Å². The molecule has 156 valence electrons. The zero-order valence-corrected chi connectivity index (χ0v) is 20.1. The molecule has 0 saturated carbocycles. The third-order valence-electron chi connectivity index (χ3n) is 4.71. The minimum Gasteiger partial charge on any atom is -0.491 e. The molecular weight excluding hydrogens is 520 g/mol. The SMILES string of the molecule is CCCOc1c(Br)cc(/C=C2\C(=O)N(c3ccccc3)N=C2c2ccccc2)cc1Br. The van der Waals surface area contributed by atoms with Crippen LogP contribution in [0.5, 0.6) is 5.75 Å². The second-order valence-corrected chi connectivity index (χ2v) is 8.70. The van der Waals surface area contributed by atoms with Crippen molar-refractivity contribution in [2.75, 3.05) is 11.6 Å². The Kier molecular flexibility index (Phi) is 6.68. The monoisotopic (exact) mass is 538 g/mol. The van der Waals surface area contributed by atoms with E-state index < -0.39 is 0 Å². The number of nitrogens with zero attached hydrogens (tertiary/aromatic N) is 2. The van der Waals surface area contributed by atoms with Crippen LogP contribution >= 0.6 is 31.9 Å². The number of benzene rings is 3. The Morgan fingerprint density at radius 1 is 0.968 bits per heavy atom. The van der Waals surface area contributed by atoms with Crippen molar-refractivity contribution in [2.24, 2.45) is 5.10 Å². The predicted molar refractivity (Wildman–Crippen MR) is 133 cm³/mol. The van der Waals surface area contributed by atoms with Crippen molar-refractivity contribution in [1.82, 2.24) is 0 Å². The summed E-state index contributed by atoms with van der Waals surface area (Å²) in [7, 11) is 0. The zero-order valence-electron chi connectivity index (χ0n) is 16.9. The molecule has 4 rings (SSSR count). The van der Waals surface area contributed by atoms with Crippen molar-refractivity contribution >= 4 is 55.2 Å². The van der Waals surface area contributed by atoms with Crippen molar-refractivity contribution in [2.45, 2.75) is 13.3 Å². The summed E-state index contributed by atoms with van der Waals surface area (Å²) in [6.45, 7) is 2.70. The molecule has 4 nitrogen and oxygen atoms in total. The average molecular weight is 540 g/mol. The number of anilines is 1. The summed E-state index contributed by atoms with van der Waals surface area (Å²) in [4.78, 5) is 13.4. The van der Waals surface area contributed by atoms with Crippen LogP contribution in [-0.2, 0) is 4.79 Å². The Morgan fingerprint density at radius 3 is 2.19 bits per heavy atom. The van der Waals surface area contributed by atoms with Crippen molar-refractivity contribution in [3.8, 4) is 5.75 Å². The summed E-state index contributed by atoms with van der Waals surface area (Å²) in [5.74, 6) is 0.591. The van der Waals surface area contributed by atoms with E-state index in [9.17, 15) is 4.79 Å². The maximum Gasteiger partial charge on any atom is 0.281 e. The average Bonchev–Trinajstić information content (AvgIpc) is 3.10. The number of hydrogen-bond acceptors (Lipinski definition) is 3. The Bertz CT molecular complexity index is 1140. The van der Waals surface area contributed by atoms with Crippen molar-refractivity contribution < 1.29 is 9.53 Å². The van der Waals surface area contributed by atoms with Crippen LogP contribution in [0.3, 0.4) is 0 Å². The molecule has 3 aromatic carbocycles. The van der Waals surface area contributed by atoms with Crippen molar-refractivity contribution in [3.05, 3.63) is 98.4 Å². The van der Waals surface area contributed by atoms with Gasteiger partial charge in [0, 0.05) is 5.56 Å². The van der Waals surface area contributed by atoms with Crippen LogP contribution in [0, 0.1) is 0 Å². The third kappa shape index (κ3) is 4.65. The molecule has 0 radical (unpaired) electrons. The highest BCUT2D eigenvalue weighted by molar-refractivity contribution is 9.11. The second kappa shape index (κ2) is 9.62. The molecule has 0 aliphatic carbocycles. The maximum atomic E-state index is 13.4. The van der Waals surface area contributed by atoms with Gasteiger partial charge in [0.1, 0.15) is 11.5 Å². The summed E-state index contributed by atoms with van der Waals surface area (Å²) < 4.78 is 7.46. The molecule has 0 spiro atoms. The number of halogens is 2. The fourth-order valence-corrected chi connectivity index (χ4v) is 4.72. The number of rotatable bonds is 6. The summed E-state index contributed by atoms with van der Waals surface area (Å²) in [5.41, 5.74) is 3.67. The first-order valence-corrected chi connectivity index (χ1v) is 11.5. The lowest BCUT2D eigenvalue weighted by atomic mass is 10.0. The van der Waals surface area contributed by atoms with Crippen LogP contribution in [-0.4, -0.2) is 18.2 Å². The van der Waals surface area contributed by atoms with Gasteiger partial charge >= 0.3 is 0 Å². The molecule has 0 N–H and O–H groups in total. The summed E-state index contributed by atoms with van der Waals surface area (Å²) in [6, 6.07) is 23.1. The van der Waals surface area contributed by atoms with Gasteiger partial charge in [0.15, 0.2) is 0 Å². The summed E-state index contributed by atoms with van der Waals surface area (Å²) in [5, 5.41) is 6.13. The molecule has 1 aliphatic heterocycles. The Balaban J connectivity index is 1.78. The minimum absolute atomic E-state index is 0.163. The molecule has 0 fully saturated rings. The molecule has 0 unspecified atom stereocenters. The fraction of sp³-hybridized carbons (Fsp3) is 0.120. The van der Waals surface area contributed by atoms with E-state index in [0.717, 1.165) is 37.9 Å². The predicted octanol–water partition coefficient (Wildman–Crippen LogP) is 6.83. The number of hydrogen-bond donors (Lipinski definition) is 0. The van der Waals surface area contributed by atoms with E-state index in [1.165, 1.54) is 5.01 Å². The van der Waals surface area contributed by atoms with E-state index in [2.05, 4.69) is 43.9 Å². The van der Waals surface area contributed by atoms with Gasteiger partial charge in [-0.2, -0.15) is 10.1 Å². The number of carbonyl (C=O) groups excluding carboxylic acids is 1. The highest BCUT2D eigenvalue weighted by atomic mass is 79.9. The molecule has 6 heteroatoms. The lowest BCUT2D eigenvalue weighted by Crippen LogP contribution is -2.21. The smallest absolute Gasteiger partial charge is 0.281 e. The molecule has 0 bridgehead atoms. The van der Waals surface area contributed by atoms with Crippen LogP contribution in [0.2, 0.25) is 0 Å².